The van der Waals surface area contributed by atoms with Gasteiger partial charge in [0.2, 0.25) is 5.91 Å². The minimum Gasteiger partial charge on any atom is -0.378 e. The van der Waals surface area contributed by atoms with Crippen molar-refractivity contribution in [1.82, 2.24) is 10.6 Å². The van der Waals surface area contributed by atoms with Crippen molar-refractivity contribution in [1.29, 1.82) is 0 Å². The number of guanidine groups is 1. The van der Waals surface area contributed by atoms with Gasteiger partial charge < -0.3 is 20.7 Å². The number of amides is 1. The third-order valence-electron chi connectivity index (χ3n) is 5.87. The second kappa shape index (κ2) is 13.9. The van der Waals surface area contributed by atoms with Gasteiger partial charge in [0.1, 0.15) is 0 Å². The van der Waals surface area contributed by atoms with Crippen LogP contribution in [0, 0.1) is 5.92 Å². The number of rotatable bonds is 9. The maximum Gasteiger partial charge on any atom is 0.227 e. The van der Waals surface area contributed by atoms with Crippen LogP contribution in [0.5, 0.6) is 0 Å². The zero-order valence-corrected chi connectivity index (χ0v) is 20.5. The highest BCUT2D eigenvalue weighted by molar-refractivity contribution is 14.0. The van der Waals surface area contributed by atoms with Crippen molar-refractivity contribution in [3.63, 3.8) is 0 Å². The first-order valence-corrected chi connectivity index (χ1v) is 11.2. The van der Waals surface area contributed by atoms with Crippen LogP contribution >= 0.6 is 24.0 Å². The number of nitrogens with zero attached hydrogens (tertiary/aromatic N) is 1. The average Bonchev–Trinajstić information content (AvgIpc) is 2.70. The summed E-state index contributed by atoms with van der Waals surface area (Å²) in [5.74, 6) is 1.13. The highest BCUT2D eigenvalue weighted by atomic mass is 127. The highest BCUT2D eigenvalue weighted by Crippen LogP contribution is 2.27. The molecule has 30 heavy (non-hydrogen) atoms. The number of ether oxygens (including phenoxy) is 1. The molecule has 7 heteroatoms. The van der Waals surface area contributed by atoms with E-state index in [0.29, 0.717) is 12.6 Å². The van der Waals surface area contributed by atoms with Crippen LogP contribution in [0.2, 0.25) is 0 Å². The molecule has 1 aromatic carbocycles. The molecule has 3 N–H and O–H groups in total. The summed E-state index contributed by atoms with van der Waals surface area (Å²) in [5.41, 5.74) is 1.98. The topological polar surface area (TPSA) is 74.8 Å². The van der Waals surface area contributed by atoms with E-state index < -0.39 is 0 Å². The number of aliphatic imine (C=N–C) groups is 1. The molecule has 0 heterocycles. The molecule has 0 unspecified atom stereocenters. The SMILES string of the molecule is CN=C(NCCCOC1CCCCC1)NCc1cccc(NC(=O)C2CCC2)c1.I. The Balaban J connectivity index is 0.00000320. The Bertz CT molecular complexity index is 673. The normalized spacial score (nSPS) is 17.6. The molecule has 0 bridgehead atoms. The summed E-state index contributed by atoms with van der Waals surface area (Å²) >= 11 is 0. The molecule has 6 nitrogen and oxygen atoms in total. The summed E-state index contributed by atoms with van der Waals surface area (Å²) in [6.45, 7) is 2.30. The summed E-state index contributed by atoms with van der Waals surface area (Å²) < 4.78 is 5.97. The van der Waals surface area contributed by atoms with Crippen LogP contribution < -0.4 is 16.0 Å². The molecular weight excluding hydrogens is 491 g/mol. The molecular formula is C23H37IN4O2. The lowest BCUT2D eigenvalue weighted by Crippen LogP contribution is -2.37. The monoisotopic (exact) mass is 528 g/mol. The molecule has 0 aliphatic heterocycles. The fourth-order valence-corrected chi connectivity index (χ4v) is 3.84. The Kier molecular flexibility index (Phi) is 11.5. The van der Waals surface area contributed by atoms with E-state index in [1.807, 2.05) is 18.2 Å². The van der Waals surface area contributed by atoms with Gasteiger partial charge >= 0.3 is 0 Å². The molecule has 0 radical (unpaired) electrons. The van der Waals surface area contributed by atoms with E-state index in [0.717, 1.165) is 49.6 Å². The maximum absolute atomic E-state index is 12.1. The molecule has 3 rings (SSSR count). The van der Waals surface area contributed by atoms with Gasteiger partial charge in [-0.05, 0) is 49.8 Å². The van der Waals surface area contributed by atoms with Crippen LogP contribution in [0.15, 0.2) is 29.3 Å². The molecule has 0 atom stereocenters. The lowest BCUT2D eigenvalue weighted by Gasteiger charge is -2.24. The van der Waals surface area contributed by atoms with Gasteiger partial charge in [0, 0.05) is 38.3 Å². The minimum absolute atomic E-state index is 0. The fourth-order valence-electron chi connectivity index (χ4n) is 3.84. The van der Waals surface area contributed by atoms with Crippen molar-refractivity contribution in [2.75, 3.05) is 25.5 Å². The molecule has 168 valence electrons. The lowest BCUT2D eigenvalue weighted by molar-refractivity contribution is -0.122. The van der Waals surface area contributed by atoms with Crippen molar-refractivity contribution in [3.05, 3.63) is 29.8 Å². The van der Waals surface area contributed by atoms with Gasteiger partial charge in [0.15, 0.2) is 5.96 Å². The number of carbonyl (C=O) groups excluding carboxylic acids is 1. The Morgan fingerprint density at radius 1 is 1.10 bits per heavy atom. The molecule has 1 aromatic rings. The Hall–Kier alpha value is -1.35. The fraction of sp³-hybridized carbons (Fsp3) is 0.652. The van der Waals surface area contributed by atoms with Crippen LogP contribution in [-0.4, -0.2) is 38.2 Å². The van der Waals surface area contributed by atoms with E-state index in [1.54, 1.807) is 7.05 Å². The largest absolute Gasteiger partial charge is 0.378 e. The number of anilines is 1. The van der Waals surface area contributed by atoms with Crippen molar-refractivity contribution in [2.45, 2.75) is 70.4 Å². The second-order valence-corrected chi connectivity index (χ2v) is 8.15. The van der Waals surface area contributed by atoms with Crippen molar-refractivity contribution in [3.8, 4) is 0 Å². The van der Waals surface area contributed by atoms with Crippen LogP contribution in [0.25, 0.3) is 0 Å². The van der Waals surface area contributed by atoms with Gasteiger partial charge in [-0.1, -0.05) is 37.8 Å². The number of nitrogens with one attached hydrogen (secondary N) is 3. The van der Waals surface area contributed by atoms with E-state index in [-0.39, 0.29) is 35.8 Å². The zero-order chi connectivity index (χ0) is 20.3. The smallest absolute Gasteiger partial charge is 0.227 e. The van der Waals surface area contributed by atoms with Crippen LogP contribution in [-0.2, 0) is 16.1 Å². The standard InChI is InChI=1S/C23H36N4O2.HI/c1-24-23(25-14-7-15-29-21-12-3-2-4-13-21)26-17-18-8-5-11-20(16-18)27-22(28)19-9-6-10-19;/h5,8,11,16,19,21H,2-4,6-7,9-10,12-15,17H2,1H3,(H,27,28)(H2,24,25,26);1H. The predicted octanol–water partition coefficient (Wildman–Crippen LogP) is 4.45. The summed E-state index contributed by atoms with van der Waals surface area (Å²) in [7, 11) is 1.78. The summed E-state index contributed by atoms with van der Waals surface area (Å²) in [6.07, 6.45) is 11.1. The Morgan fingerprint density at radius 2 is 1.90 bits per heavy atom. The average molecular weight is 528 g/mol. The van der Waals surface area contributed by atoms with Crippen LogP contribution in [0.3, 0.4) is 0 Å². The van der Waals surface area contributed by atoms with E-state index in [2.05, 4.69) is 27.0 Å². The molecule has 0 saturated heterocycles. The first kappa shape index (κ1) is 24.9. The molecule has 0 spiro atoms. The third kappa shape index (κ3) is 8.41. The third-order valence-corrected chi connectivity index (χ3v) is 5.87. The first-order valence-electron chi connectivity index (χ1n) is 11.2. The van der Waals surface area contributed by atoms with Gasteiger partial charge in [-0.2, -0.15) is 0 Å². The number of carbonyl (C=O) groups is 1. The Labute approximate surface area is 198 Å². The number of halogens is 1. The van der Waals surface area contributed by atoms with Gasteiger partial charge in [0.25, 0.3) is 0 Å². The van der Waals surface area contributed by atoms with Gasteiger partial charge in [0.05, 0.1) is 6.10 Å². The van der Waals surface area contributed by atoms with E-state index >= 15 is 0 Å². The Morgan fingerprint density at radius 3 is 2.60 bits per heavy atom. The molecule has 2 aliphatic carbocycles. The minimum atomic E-state index is 0. The van der Waals surface area contributed by atoms with Crippen LogP contribution in [0.4, 0.5) is 5.69 Å². The first-order chi connectivity index (χ1) is 14.2. The molecule has 2 fully saturated rings. The van der Waals surface area contributed by atoms with Crippen LogP contribution in [0.1, 0.15) is 63.4 Å². The zero-order valence-electron chi connectivity index (χ0n) is 18.1. The number of benzene rings is 1. The van der Waals surface area contributed by atoms with Crippen molar-refractivity contribution < 1.29 is 9.53 Å². The number of hydrogen-bond acceptors (Lipinski definition) is 3. The molecule has 0 aromatic heterocycles. The highest BCUT2D eigenvalue weighted by Gasteiger charge is 2.25. The molecule has 2 saturated carbocycles. The summed E-state index contributed by atoms with van der Waals surface area (Å²) in [5, 5.41) is 9.72. The quantitative estimate of drug-likeness (QED) is 0.192. The van der Waals surface area contributed by atoms with E-state index in [4.69, 9.17) is 4.74 Å². The van der Waals surface area contributed by atoms with Gasteiger partial charge in [-0.25, -0.2) is 0 Å². The predicted molar refractivity (Wildman–Crippen MR) is 133 cm³/mol. The second-order valence-electron chi connectivity index (χ2n) is 8.15. The van der Waals surface area contributed by atoms with E-state index in [9.17, 15) is 4.79 Å². The lowest BCUT2D eigenvalue weighted by atomic mass is 9.85. The van der Waals surface area contributed by atoms with Gasteiger partial charge in [-0.3, -0.25) is 9.79 Å². The maximum atomic E-state index is 12.1. The van der Waals surface area contributed by atoms with Gasteiger partial charge in [-0.15, -0.1) is 24.0 Å². The summed E-state index contributed by atoms with van der Waals surface area (Å²) in [4.78, 5) is 16.4. The van der Waals surface area contributed by atoms with Crippen molar-refractivity contribution in [2.24, 2.45) is 10.9 Å². The summed E-state index contributed by atoms with van der Waals surface area (Å²) in [6, 6.07) is 8.00. The van der Waals surface area contributed by atoms with E-state index in [1.165, 1.54) is 38.5 Å². The molecule has 1 amide bonds. The van der Waals surface area contributed by atoms with Crippen molar-refractivity contribution >= 4 is 41.5 Å². The number of hydrogen-bond donors (Lipinski definition) is 3. The molecule has 2 aliphatic rings.